The number of amides is 2. The third-order valence-corrected chi connectivity index (χ3v) is 3.17. The third kappa shape index (κ3) is 8.74. The molecule has 6 nitrogen and oxygen atoms in total. The van der Waals surface area contributed by atoms with E-state index in [1.165, 1.54) is 0 Å². The monoisotopic (exact) mass is 287 g/mol. The molecule has 0 radical (unpaired) electrons. The maximum Gasteiger partial charge on any atom is 0.326 e. The van der Waals surface area contributed by atoms with E-state index in [4.69, 9.17) is 5.11 Å². The van der Waals surface area contributed by atoms with Crippen molar-refractivity contribution in [3.63, 3.8) is 0 Å². The maximum absolute atomic E-state index is 11.6. The summed E-state index contributed by atoms with van der Waals surface area (Å²) in [5.41, 5.74) is 0. The molecule has 0 spiro atoms. The van der Waals surface area contributed by atoms with Crippen molar-refractivity contribution < 1.29 is 14.7 Å². The molecular weight excluding hydrogens is 258 g/mol. The first kappa shape index (κ1) is 18.7. The summed E-state index contributed by atoms with van der Waals surface area (Å²) < 4.78 is 0. The summed E-state index contributed by atoms with van der Waals surface area (Å²) in [7, 11) is 2.04. The topological polar surface area (TPSA) is 81.7 Å². The van der Waals surface area contributed by atoms with E-state index in [0.29, 0.717) is 19.0 Å². The Hall–Kier alpha value is -1.30. The Labute approximate surface area is 121 Å². The number of hydrogen-bond donors (Lipinski definition) is 3. The van der Waals surface area contributed by atoms with E-state index in [-0.39, 0.29) is 5.92 Å². The van der Waals surface area contributed by atoms with Crippen LogP contribution in [0.25, 0.3) is 0 Å². The molecule has 2 amide bonds. The van der Waals surface area contributed by atoms with Crippen LogP contribution in [0.5, 0.6) is 0 Å². The summed E-state index contributed by atoms with van der Waals surface area (Å²) in [6.07, 6.45) is 1.27. The van der Waals surface area contributed by atoms with Gasteiger partial charge in [0.2, 0.25) is 0 Å². The van der Waals surface area contributed by atoms with Crippen LogP contribution in [0.3, 0.4) is 0 Å². The Morgan fingerprint density at radius 3 is 2.25 bits per heavy atom. The van der Waals surface area contributed by atoms with E-state index in [1.807, 2.05) is 20.9 Å². The van der Waals surface area contributed by atoms with E-state index in [1.54, 1.807) is 0 Å². The van der Waals surface area contributed by atoms with Gasteiger partial charge >= 0.3 is 12.0 Å². The SMILES string of the molecule is CC(C)CC(NC(=O)NCCCN(C)C(C)C)C(=O)O. The Bertz CT molecular complexity index is 306. The zero-order valence-electron chi connectivity index (χ0n) is 13.3. The van der Waals surface area contributed by atoms with Gasteiger partial charge in [0, 0.05) is 12.6 Å². The van der Waals surface area contributed by atoms with Crippen LogP contribution >= 0.6 is 0 Å². The van der Waals surface area contributed by atoms with Gasteiger partial charge in [0.25, 0.3) is 0 Å². The maximum atomic E-state index is 11.6. The van der Waals surface area contributed by atoms with Gasteiger partial charge in [-0.15, -0.1) is 0 Å². The Morgan fingerprint density at radius 2 is 1.80 bits per heavy atom. The zero-order valence-corrected chi connectivity index (χ0v) is 13.3. The van der Waals surface area contributed by atoms with Crippen LogP contribution in [0.4, 0.5) is 4.79 Å². The standard InChI is InChI=1S/C14H29N3O3/c1-10(2)9-12(13(18)19)16-14(20)15-7-6-8-17(5)11(3)4/h10-12H,6-9H2,1-5H3,(H,18,19)(H2,15,16,20). The minimum Gasteiger partial charge on any atom is -0.480 e. The lowest BCUT2D eigenvalue weighted by Crippen LogP contribution is -2.47. The number of aliphatic carboxylic acids is 1. The lowest BCUT2D eigenvalue weighted by Gasteiger charge is -2.21. The summed E-state index contributed by atoms with van der Waals surface area (Å²) in [6, 6.07) is -0.759. The molecular formula is C14H29N3O3. The summed E-state index contributed by atoms with van der Waals surface area (Å²) >= 11 is 0. The summed E-state index contributed by atoms with van der Waals surface area (Å²) in [4.78, 5) is 24.8. The fraction of sp³-hybridized carbons (Fsp3) is 0.857. The lowest BCUT2D eigenvalue weighted by molar-refractivity contribution is -0.139. The van der Waals surface area contributed by atoms with Crippen molar-refractivity contribution in [3.8, 4) is 0 Å². The molecule has 0 aromatic heterocycles. The molecule has 0 saturated heterocycles. The molecule has 0 aliphatic carbocycles. The number of nitrogens with one attached hydrogen (secondary N) is 2. The van der Waals surface area contributed by atoms with Crippen molar-refractivity contribution in [3.05, 3.63) is 0 Å². The number of carbonyl (C=O) groups is 2. The molecule has 20 heavy (non-hydrogen) atoms. The molecule has 1 unspecified atom stereocenters. The Balaban J connectivity index is 3.94. The molecule has 1 atom stereocenters. The van der Waals surface area contributed by atoms with Crippen molar-refractivity contribution in [2.24, 2.45) is 5.92 Å². The predicted molar refractivity (Wildman–Crippen MR) is 79.8 cm³/mol. The Kier molecular flexibility index (Phi) is 8.96. The highest BCUT2D eigenvalue weighted by Crippen LogP contribution is 2.04. The molecule has 0 saturated carbocycles. The third-order valence-electron chi connectivity index (χ3n) is 3.17. The first-order valence-corrected chi connectivity index (χ1v) is 7.21. The smallest absolute Gasteiger partial charge is 0.326 e. The number of urea groups is 1. The molecule has 0 fully saturated rings. The van der Waals surface area contributed by atoms with Crippen LogP contribution in [0.1, 0.15) is 40.5 Å². The van der Waals surface area contributed by atoms with Crippen molar-refractivity contribution in [2.75, 3.05) is 20.1 Å². The molecule has 0 heterocycles. The van der Waals surface area contributed by atoms with Crippen molar-refractivity contribution in [2.45, 2.75) is 52.6 Å². The van der Waals surface area contributed by atoms with E-state index >= 15 is 0 Å². The Morgan fingerprint density at radius 1 is 1.20 bits per heavy atom. The minimum atomic E-state index is -0.992. The van der Waals surface area contributed by atoms with Gasteiger partial charge in [0.05, 0.1) is 0 Å². The van der Waals surface area contributed by atoms with Gasteiger partial charge in [-0.2, -0.15) is 0 Å². The second-order valence-corrected chi connectivity index (χ2v) is 5.85. The molecule has 0 bridgehead atoms. The molecule has 6 heteroatoms. The highest BCUT2D eigenvalue weighted by molar-refractivity contribution is 5.82. The number of carboxylic acid groups (broad SMARTS) is 1. The van der Waals surface area contributed by atoms with Gasteiger partial charge in [0.15, 0.2) is 0 Å². The van der Waals surface area contributed by atoms with Crippen LogP contribution in [0, 0.1) is 5.92 Å². The van der Waals surface area contributed by atoms with Gasteiger partial charge < -0.3 is 20.6 Å². The van der Waals surface area contributed by atoms with Crippen LogP contribution in [-0.4, -0.2) is 54.2 Å². The first-order valence-electron chi connectivity index (χ1n) is 7.21. The number of carbonyl (C=O) groups excluding carboxylic acids is 1. The highest BCUT2D eigenvalue weighted by Gasteiger charge is 2.20. The average molecular weight is 287 g/mol. The summed E-state index contributed by atoms with van der Waals surface area (Å²) in [5.74, 6) is -0.774. The van der Waals surface area contributed by atoms with Gasteiger partial charge in [-0.1, -0.05) is 13.8 Å². The van der Waals surface area contributed by atoms with Crippen LogP contribution in [0.2, 0.25) is 0 Å². The van der Waals surface area contributed by atoms with Gasteiger partial charge in [-0.25, -0.2) is 9.59 Å². The van der Waals surface area contributed by atoms with Crippen LogP contribution < -0.4 is 10.6 Å². The molecule has 3 N–H and O–H groups in total. The van der Waals surface area contributed by atoms with Gasteiger partial charge in [0.1, 0.15) is 6.04 Å². The van der Waals surface area contributed by atoms with Gasteiger partial charge in [-0.3, -0.25) is 0 Å². The van der Waals surface area contributed by atoms with Crippen LogP contribution in [-0.2, 0) is 4.79 Å². The van der Waals surface area contributed by atoms with E-state index in [0.717, 1.165) is 13.0 Å². The van der Waals surface area contributed by atoms with E-state index < -0.39 is 18.0 Å². The normalized spacial score (nSPS) is 12.8. The summed E-state index contributed by atoms with van der Waals surface area (Å²) in [5, 5.41) is 14.2. The average Bonchev–Trinajstić information content (AvgIpc) is 2.32. The lowest BCUT2D eigenvalue weighted by atomic mass is 10.0. The molecule has 0 aromatic rings. The fourth-order valence-electron chi connectivity index (χ4n) is 1.69. The second kappa shape index (κ2) is 9.58. The minimum absolute atomic E-state index is 0.219. The predicted octanol–water partition coefficient (Wildman–Crippen LogP) is 1.52. The molecule has 0 aromatic carbocycles. The van der Waals surface area contributed by atoms with Gasteiger partial charge in [-0.05, 0) is 46.2 Å². The number of rotatable bonds is 9. The largest absolute Gasteiger partial charge is 0.480 e. The zero-order chi connectivity index (χ0) is 15.7. The number of carboxylic acids is 1. The highest BCUT2D eigenvalue weighted by atomic mass is 16.4. The van der Waals surface area contributed by atoms with Crippen molar-refractivity contribution in [1.29, 1.82) is 0 Å². The number of nitrogens with zero attached hydrogens (tertiary/aromatic N) is 1. The van der Waals surface area contributed by atoms with E-state index in [2.05, 4.69) is 29.4 Å². The molecule has 118 valence electrons. The molecule has 0 aliphatic rings. The van der Waals surface area contributed by atoms with Crippen molar-refractivity contribution >= 4 is 12.0 Å². The van der Waals surface area contributed by atoms with Crippen LogP contribution in [0.15, 0.2) is 0 Å². The second-order valence-electron chi connectivity index (χ2n) is 5.85. The molecule has 0 rings (SSSR count). The first-order chi connectivity index (χ1) is 9.23. The fourth-order valence-corrected chi connectivity index (χ4v) is 1.69. The van der Waals surface area contributed by atoms with Crippen molar-refractivity contribution in [1.82, 2.24) is 15.5 Å². The van der Waals surface area contributed by atoms with E-state index in [9.17, 15) is 9.59 Å². The molecule has 0 aliphatic heterocycles. The summed E-state index contributed by atoms with van der Waals surface area (Å²) in [6.45, 7) is 9.52. The quantitative estimate of drug-likeness (QED) is 0.562. The number of hydrogen-bond acceptors (Lipinski definition) is 3.